The minimum Gasteiger partial charge on any atom is -0.508 e. The molecule has 0 spiro atoms. The van der Waals surface area contributed by atoms with Gasteiger partial charge in [-0.1, -0.05) is 46.3 Å². The van der Waals surface area contributed by atoms with Gasteiger partial charge in [0, 0.05) is 15.7 Å². The van der Waals surface area contributed by atoms with Crippen LogP contribution in [0.5, 0.6) is 5.75 Å². The number of phenolic OH excluding ortho intramolecular Hbond substituents is 1. The number of amides is 2. The summed E-state index contributed by atoms with van der Waals surface area (Å²) < 4.78 is 6.13. The number of urea groups is 1. The topological polar surface area (TPSA) is 87.7 Å². The van der Waals surface area contributed by atoms with Gasteiger partial charge in [0.2, 0.25) is 0 Å². The van der Waals surface area contributed by atoms with Crippen molar-refractivity contribution in [1.29, 1.82) is 0 Å². The molecule has 1 unspecified atom stereocenters. The van der Waals surface area contributed by atoms with Crippen LogP contribution in [0, 0.1) is 0 Å². The number of carbonyl (C=O) groups excluding carboxylic acids is 2. The van der Waals surface area contributed by atoms with Gasteiger partial charge in [0.05, 0.1) is 11.6 Å². The van der Waals surface area contributed by atoms with Crippen LogP contribution in [0.4, 0.5) is 4.79 Å². The van der Waals surface area contributed by atoms with Crippen molar-refractivity contribution in [1.82, 2.24) is 10.6 Å². The van der Waals surface area contributed by atoms with Crippen molar-refractivity contribution in [2.24, 2.45) is 0 Å². The predicted molar refractivity (Wildman–Crippen MR) is 99.2 cm³/mol. The lowest BCUT2D eigenvalue weighted by Gasteiger charge is -2.28. The second kappa shape index (κ2) is 7.61. The summed E-state index contributed by atoms with van der Waals surface area (Å²) in [6, 6.07) is 12.9. The zero-order valence-electron chi connectivity index (χ0n) is 14.0. The molecule has 1 atom stereocenters. The summed E-state index contributed by atoms with van der Waals surface area (Å²) in [6.45, 7) is 1.74. The largest absolute Gasteiger partial charge is 0.508 e. The van der Waals surface area contributed by atoms with Crippen LogP contribution < -0.4 is 10.6 Å². The fraction of sp³-hybridized carbons (Fsp3) is 0.158. The fourth-order valence-electron chi connectivity index (χ4n) is 2.76. The maximum absolute atomic E-state index is 12.7. The highest BCUT2D eigenvalue weighted by Crippen LogP contribution is 2.34. The van der Waals surface area contributed by atoms with E-state index in [2.05, 4.69) is 26.6 Å². The van der Waals surface area contributed by atoms with Gasteiger partial charge >= 0.3 is 12.0 Å². The fourth-order valence-corrected chi connectivity index (χ4v) is 3.13. The molecule has 1 aliphatic rings. The van der Waals surface area contributed by atoms with Crippen molar-refractivity contribution < 1.29 is 19.4 Å². The third-order valence-corrected chi connectivity index (χ3v) is 4.50. The smallest absolute Gasteiger partial charge is 0.338 e. The van der Waals surface area contributed by atoms with Crippen LogP contribution in [0.1, 0.15) is 24.1 Å². The van der Waals surface area contributed by atoms with Crippen molar-refractivity contribution in [3.8, 4) is 5.75 Å². The number of nitrogens with one attached hydrogen (secondary N) is 2. The molecule has 0 aromatic heterocycles. The number of aromatic hydroxyl groups is 1. The maximum atomic E-state index is 12.7. The van der Waals surface area contributed by atoms with Crippen LogP contribution in [-0.4, -0.2) is 17.1 Å². The second-order valence-electron chi connectivity index (χ2n) is 5.84. The number of hydrogen-bond donors (Lipinski definition) is 3. The van der Waals surface area contributed by atoms with E-state index in [1.807, 2.05) is 30.3 Å². The quantitative estimate of drug-likeness (QED) is 0.665. The Labute approximate surface area is 159 Å². The van der Waals surface area contributed by atoms with E-state index in [9.17, 15) is 14.7 Å². The number of benzene rings is 2. The van der Waals surface area contributed by atoms with Crippen molar-refractivity contribution in [3.63, 3.8) is 0 Å². The zero-order chi connectivity index (χ0) is 18.7. The van der Waals surface area contributed by atoms with E-state index in [4.69, 9.17) is 4.74 Å². The van der Waals surface area contributed by atoms with Gasteiger partial charge in [0.15, 0.2) is 0 Å². The number of esters is 1. The summed E-state index contributed by atoms with van der Waals surface area (Å²) in [6.07, 6.45) is 0. The molecule has 0 saturated carbocycles. The van der Waals surface area contributed by atoms with E-state index >= 15 is 0 Å². The van der Waals surface area contributed by atoms with Crippen LogP contribution in [0.25, 0.3) is 0 Å². The SMILES string of the molecule is CC1=C(C(=O)OCc2ccccc2)C(c2cc(Br)ccc2O)NC(=O)N1. The molecule has 3 N–H and O–H groups in total. The molecule has 134 valence electrons. The van der Waals surface area contributed by atoms with Gasteiger partial charge in [0.25, 0.3) is 0 Å². The van der Waals surface area contributed by atoms with E-state index in [0.717, 1.165) is 5.56 Å². The number of hydrogen-bond acceptors (Lipinski definition) is 4. The Balaban J connectivity index is 1.90. The molecule has 3 rings (SSSR count). The van der Waals surface area contributed by atoms with E-state index in [0.29, 0.717) is 15.7 Å². The second-order valence-corrected chi connectivity index (χ2v) is 6.75. The molecule has 2 aromatic rings. The van der Waals surface area contributed by atoms with Gasteiger partial charge < -0.3 is 20.5 Å². The molecule has 7 heteroatoms. The van der Waals surface area contributed by atoms with E-state index in [-0.39, 0.29) is 17.9 Å². The van der Waals surface area contributed by atoms with Gasteiger partial charge in [-0.15, -0.1) is 0 Å². The van der Waals surface area contributed by atoms with Gasteiger partial charge in [-0.25, -0.2) is 9.59 Å². The highest BCUT2D eigenvalue weighted by Gasteiger charge is 2.33. The van der Waals surface area contributed by atoms with Gasteiger partial charge in [0.1, 0.15) is 12.4 Å². The van der Waals surface area contributed by atoms with Crippen molar-refractivity contribution in [2.45, 2.75) is 19.6 Å². The van der Waals surface area contributed by atoms with E-state index < -0.39 is 18.0 Å². The summed E-state index contributed by atoms with van der Waals surface area (Å²) in [4.78, 5) is 24.6. The molecule has 0 saturated heterocycles. The van der Waals surface area contributed by atoms with Crippen molar-refractivity contribution in [3.05, 3.63) is 75.4 Å². The number of halogens is 1. The third kappa shape index (κ3) is 3.88. The standard InChI is InChI=1S/C19H17BrN2O4/c1-11-16(18(24)26-10-12-5-3-2-4-6-12)17(22-19(25)21-11)14-9-13(20)7-8-15(14)23/h2-9,17,23H,10H2,1H3,(H2,21,22,25). The average Bonchev–Trinajstić information content (AvgIpc) is 2.62. The lowest BCUT2D eigenvalue weighted by Crippen LogP contribution is -2.45. The van der Waals surface area contributed by atoms with E-state index in [1.54, 1.807) is 19.1 Å². The molecule has 0 aliphatic carbocycles. The predicted octanol–water partition coefficient (Wildman–Crippen LogP) is 3.53. The molecule has 6 nitrogen and oxygen atoms in total. The first-order chi connectivity index (χ1) is 12.5. The Morgan fingerprint density at radius 2 is 1.96 bits per heavy atom. The highest BCUT2D eigenvalue weighted by atomic mass is 79.9. The Kier molecular flexibility index (Phi) is 5.27. The number of phenols is 1. The van der Waals surface area contributed by atoms with Gasteiger partial charge in [-0.3, -0.25) is 0 Å². The number of ether oxygens (including phenoxy) is 1. The van der Waals surface area contributed by atoms with Crippen LogP contribution in [0.2, 0.25) is 0 Å². The summed E-state index contributed by atoms with van der Waals surface area (Å²) in [5, 5.41) is 15.4. The molecule has 2 amide bonds. The molecule has 0 bridgehead atoms. The Morgan fingerprint density at radius 1 is 1.23 bits per heavy atom. The first-order valence-electron chi connectivity index (χ1n) is 7.93. The lowest BCUT2D eigenvalue weighted by atomic mass is 9.95. The Hall–Kier alpha value is -2.80. The first kappa shape index (κ1) is 18.0. The molecule has 26 heavy (non-hydrogen) atoms. The molecule has 2 aromatic carbocycles. The van der Waals surface area contributed by atoms with Gasteiger partial charge in [-0.2, -0.15) is 0 Å². The van der Waals surface area contributed by atoms with Crippen LogP contribution in [0.15, 0.2) is 64.3 Å². The highest BCUT2D eigenvalue weighted by molar-refractivity contribution is 9.10. The van der Waals surface area contributed by atoms with Crippen LogP contribution in [0.3, 0.4) is 0 Å². The summed E-state index contributed by atoms with van der Waals surface area (Å²) in [5.74, 6) is -0.593. The number of rotatable bonds is 4. The normalized spacial score (nSPS) is 16.7. The lowest BCUT2D eigenvalue weighted by molar-refractivity contribution is -0.140. The van der Waals surface area contributed by atoms with Gasteiger partial charge in [-0.05, 0) is 30.7 Å². The minimum absolute atomic E-state index is 0.0263. The van der Waals surface area contributed by atoms with Crippen molar-refractivity contribution >= 4 is 27.9 Å². The first-order valence-corrected chi connectivity index (χ1v) is 8.72. The number of allylic oxidation sites excluding steroid dienone is 1. The monoisotopic (exact) mass is 416 g/mol. The molecule has 1 aliphatic heterocycles. The minimum atomic E-state index is -0.815. The van der Waals surface area contributed by atoms with E-state index in [1.165, 1.54) is 6.07 Å². The molecule has 0 fully saturated rings. The molecule has 0 radical (unpaired) electrons. The summed E-state index contributed by atoms with van der Waals surface area (Å²) in [5.41, 5.74) is 1.89. The molecule has 1 heterocycles. The third-order valence-electron chi connectivity index (χ3n) is 4.00. The zero-order valence-corrected chi connectivity index (χ0v) is 15.5. The molecular formula is C19H17BrN2O4. The van der Waals surface area contributed by atoms with Crippen molar-refractivity contribution in [2.75, 3.05) is 0 Å². The summed E-state index contributed by atoms with van der Waals surface area (Å²) >= 11 is 3.34. The Bertz CT molecular complexity index is 880. The van der Waals surface area contributed by atoms with Crippen LogP contribution in [-0.2, 0) is 16.1 Å². The Morgan fingerprint density at radius 3 is 2.69 bits per heavy atom. The molecular weight excluding hydrogens is 400 g/mol. The maximum Gasteiger partial charge on any atom is 0.338 e. The number of carbonyl (C=O) groups is 2. The average molecular weight is 417 g/mol. The summed E-state index contributed by atoms with van der Waals surface area (Å²) in [7, 11) is 0. The van der Waals surface area contributed by atoms with Crippen LogP contribution >= 0.6 is 15.9 Å².